The Kier molecular flexibility index (Phi) is 5.16. The van der Waals surface area contributed by atoms with Gasteiger partial charge in [0.1, 0.15) is 6.10 Å². The van der Waals surface area contributed by atoms with Crippen LogP contribution in [-0.4, -0.2) is 36.3 Å². The maximum atomic E-state index is 12.6. The van der Waals surface area contributed by atoms with E-state index in [9.17, 15) is 4.79 Å². The minimum absolute atomic E-state index is 0.0398. The number of ether oxygens (including phenoxy) is 2. The van der Waals surface area contributed by atoms with Crippen molar-refractivity contribution in [3.8, 4) is 5.88 Å². The normalized spacial score (nSPS) is 22.6. The van der Waals surface area contributed by atoms with Gasteiger partial charge in [0.25, 0.3) is 0 Å². The molecule has 1 aromatic heterocycles. The Labute approximate surface area is 153 Å². The molecule has 4 rings (SSSR count). The maximum Gasteiger partial charge on any atom is 0.220 e. The number of nitrogens with one attached hydrogen (secondary N) is 1. The third kappa shape index (κ3) is 4.05. The van der Waals surface area contributed by atoms with Crippen molar-refractivity contribution in [2.45, 2.75) is 37.8 Å². The molecule has 5 nitrogen and oxygen atoms in total. The van der Waals surface area contributed by atoms with Crippen LogP contribution in [0.1, 0.15) is 24.0 Å². The average Bonchev–Trinajstić information content (AvgIpc) is 3.06. The fourth-order valence-electron chi connectivity index (χ4n) is 3.89. The number of carbonyl (C=O) groups is 1. The zero-order valence-electron chi connectivity index (χ0n) is 14.8. The van der Waals surface area contributed by atoms with Crippen LogP contribution in [0.15, 0.2) is 48.7 Å². The molecule has 26 heavy (non-hydrogen) atoms. The fraction of sp³-hybridized carbons (Fsp3) is 0.429. The number of fused-ring (bicyclic) bond motifs is 1. The molecule has 5 heteroatoms. The van der Waals surface area contributed by atoms with Gasteiger partial charge in [-0.1, -0.05) is 30.3 Å². The summed E-state index contributed by atoms with van der Waals surface area (Å²) in [5, 5.41) is 3.17. The lowest BCUT2D eigenvalue weighted by Gasteiger charge is -2.32. The highest BCUT2D eigenvalue weighted by atomic mass is 16.5. The Hall–Kier alpha value is -2.40. The summed E-state index contributed by atoms with van der Waals surface area (Å²) < 4.78 is 11.5. The molecule has 0 spiro atoms. The first-order valence-electron chi connectivity index (χ1n) is 9.29. The molecule has 2 unspecified atom stereocenters. The summed E-state index contributed by atoms with van der Waals surface area (Å²) in [6, 6.07) is 14.0. The van der Waals surface area contributed by atoms with Crippen LogP contribution in [0.2, 0.25) is 0 Å². The number of amides is 1. The quantitative estimate of drug-likeness (QED) is 0.898. The van der Waals surface area contributed by atoms with Crippen molar-refractivity contribution in [2.75, 3.05) is 13.2 Å². The molecule has 2 aromatic rings. The SMILES string of the molecule is O=C(CC1Cc2ccccc2C1)NC1CCOCC1Oc1ccccn1. The van der Waals surface area contributed by atoms with Crippen LogP contribution in [-0.2, 0) is 22.4 Å². The van der Waals surface area contributed by atoms with E-state index in [0.717, 1.165) is 19.3 Å². The predicted octanol–water partition coefficient (Wildman–Crippen LogP) is 2.54. The average molecular weight is 352 g/mol. The third-order valence-corrected chi connectivity index (χ3v) is 5.17. The summed E-state index contributed by atoms with van der Waals surface area (Å²) in [5.41, 5.74) is 2.76. The van der Waals surface area contributed by atoms with E-state index in [1.165, 1.54) is 11.1 Å². The summed E-state index contributed by atoms with van der Waals surface area (Å²) >= 11 is 0. The minimum Gasteiger partial charge on any atom is -0.470 e. The molecule has 1 aliphatic heterocycles. The van der Waals surface area contributed by atoms with Crippen LogP contribution in [0, 0.1) is 5.92 Å². The molecular formula is C21H24N2O3. The monoisotopic (exact) mass is 352 g/mol. The van der Waals surface area contributed by atoms with Crippen LogP contribution in [0.4, 0.5) is 0 Å². The van der Waals surface area contributed by atoms with Gasteiger partial charge in [0, 0.05) is 25.3 Å². The molecule has 1 aromatic carbocycles. The Morgan fingerprint density at radius 2 is 1.92 bits per heavy atom. The molecule has 0 radical (unpaired) electrons. The minimum atomic E-state index is -0.205. The summed E-state index contributed by atoms with van der Waals surface area (Å²) in [7, 11) is 0. The van der Waals surface area contributed by atoms with Gasteiger partial charge in [0.2, 0.25) is 11.8 Å². The molecule has 2 heterocycles. The second-order valence-corrected chi connectivity index (χ2v) is 7.11. The Morgan fingerprint density at radius 3 is 2.65 bits per heavy atom. The summed E-state index contributed by atoms with van der Waals surface area (Å²) in [6.07, 6.45) is 4.79. The number of benzene rings is 1. The molecule has 2 atom stereocenters. The van der Waals surface area contributed by atoms with Crippen LogP contribution < -0.4 is 10.1 Å². The third-order valence-electron chi connectivity index (χ3n) is 5.17. The number of aromatic nitrogens is 1. The molecule has 1 aliphatic carbocycles. The predicted molar refractivity (Wildman–Crippen MR) is 98.0 cm³/mol. The molecule has 0 bridgehead atoms. The van der Waals surface area contributed by atoms with Gasteiger partial charge in [-0.05, 0) is 42.4 Å². The van der Waals surface area contributed by atoms with E-state index in [4.69, 9.17) is 9.47 Å². The molecule has 1 fully saturated rings. The largest absolute Gasteiger partial charge is 0.470 e. The van der Waals surface area contributed by atoms with Gasteiger partial charge in [0.05, 0.1) is 12.6 Å². The highest BCUT2D eigenvalue weighted by Crippen LogP contribution is 2.28. The maximum absolute atomic E-state index is 12.6. The van der Waals surface area contributed by atoms with Crippen molar-refractivity contribution in [2.24, 2.45) is 5.92 Å². The van der Waals surface area contributed by atoms with Crippen LogP contribution in [0.3, 0.4) is 0 Å². The van der Waals surface area contributed by atoms with Gasteiger partial charge in [-0.2, -0.15) is 0 Å². The van der Waals surface area contributed by atoms with Crippen molar-refractivity contribution in [1.82, 2.24) is 10.3 Å². The van der Waals surface area contributed by atoms with Gasteiger partial charge in [-0.25, -0.2) is 4.98 Å². The first-order chi connectivity index (χ1) is 12.8. The number of nitrogens with zero attached hydrogens (tertiary/aromatic N) is 1. The first-order valence-corrected chi connectivity index (χ1v) is 9.29. The second-order valence-electron chi connectivity index (χ2n) is 7.11. The van der Waals surface area contributed by atoms with Gasteiger partial charge < -0.3 is 14.8 Å². The van der Waals surface area contributed by atoms with E-state index in [0.29, 0.717) is 31.4 Å². The van der Waals surface area contributed by atoms with Crippen molar-refractivity contribution in [3.63, 3.8) is 0 Å². The van der Waals surface area contributed by atoms with E-state index in [1.807, 2.05) is 18.2 Å². The molecule has 1 amide bonds. The van der Waals surface area contributed by atoms with Gasteiger partial charge in [-0.15, -0.1) is 0 Å². The fourth-order valence-corrected chi connectivity index (χ4v) is 3.89. The molecule has 1 saturated heterocycles. The second kappa shape index (κ2) is 7.87. The van der Waals surface area contributed by atoms with Crippen molar-refractivity contribution in [1.29, 1.82) is 0 Å². The van der Waals surface area contributed by atoms with Crippen LogP contribution in [0.5, 0.6) is 5.88 Å². The lowest BCUT2D eigenvalue weighted by Crippen LogP contribution is -2.51. The Bertz CT molecular complexity index is 725. The number of hydrogen-bond donors (Lipinski definition) is 1. The molecule has 2 aliphatic rings. The summed E-state index contributed by atoms with van der Waals surface area (Å²) in [6.45, 7) is 1.11. The van der Waals surface area contributed by atoms with Crippen molar-refractivity contribution < 1.29 is 14.3 Å². The van der Waals surface area contributed by atoms with Gasteiger partial charge in [0.15, 0.2) is 0 Å². The molecule has 1 N–H and O–H groups in total. The summed E-state index contributed by atoms with van der Waals surface area (Å²) in [4.78, 5) is 16.8. The Balaban J connectivity index is 1.32. The first kappa shape index (κ1) is 17.0. The van der Waals surface area contributed by atoms with E-state index < -0.39 is 0 Å². The number of hydrogen-bond acceptors (Lipinski definition) is 4. The molecule has 0 saturated carbocycles. The highest BCUT2D eigenvalue weighted by molar-refractivity contribution is 5.76. The smallest absolute Gasteiger partial charge is 0.220 e. The number of pyridine rings is 1. The van der Waals surface area contributed by atoms with E-state index in [-0.39, 0.29) is 18.1 Å². The molecule has 136 valence electrons. The van der Waals surface area contributed by atoms with E-state index >= 15 is 0 Å². The topological polar surface area (TPSA) is 60.5 Å². The zero-order chi connectivity index (χ0) is 17.8. The lowest BCUT2D eigenvalue weighted by molar-refractivity contribution is -0.124. The summed E-state index contributed by atoms with van der Waals surface area (Å²) in [5.74, 6) is 1.06. The Morgan fingerprint density at radius 1 is 1.15 bits per heavy atom. The number of rotatable bonds is 5. The molecular weight excluding hydrogens is 328 g/mol. The van der Waals surface area contributed by atoms with Crippen LogP contribution in [0.25, 0.3) is 0 Å². The van der Waals surface area contributed by atoms with E-state index in [1.54, 1.807) is 6.20 Å². The van der Waals surface area contributed by atoms with Gasteiger partial charge >= 0.3 is 0 Å². The van der Waals surface area contributed by atoms with Crippen molar-refractivity contribution in [3.05, 3.63) is 59.8 Å². The zero-order valence-corrected chi connectivity index (χ0v) is 14.8. The van der Waals surface area contributed by atoms with Gasteiger partial charge in [-0.3, -0.25) is 4.79 Å². The highest BCUT2D eigenvalue weighted by Gasteiger charge is 2.30. The standard InChI is InChI=1S/C21H24N2O3/c24-20(13-15-11-16-5-1-2-6-17(16)12-15)23-18-8-10-25-14-19(18)26-21-7-3-4-9-22-21/h1-7,9,15,18-19H,8,10-14H2,(H,23,24). The van der Waals surface area contributed by atoms with Crippen LogP contribution >= 0.6 is 0 Å². The van der Waals surface area contributed by atoms with Crippen molar-refractivity contribution >= 4 is 5.91 Å². The number of carbonyl (C=O) groups excluding carboxylic acids is 1. The van der Waals surface area contributed by atoms with E-state index in [2.05, 4.69) is 34.6 Å². The lowest BCUT2D eigenvalue weighted by atomic mass is 10.0.